The highest BCUT2D eigenvalue weighted by Gasteiger charge is 2.55. The van der Waals surface area contributed by atoms with Gasteiger partial charge in [0.1, 0.15) is 0 Å². The third kappa shape index (κ3) is 13.4. The minimum atomic E-state index is -2.65. The molecule has 31 heavy (non-hydrogen) atoms. The highest BCUT2D eigenvalue weighted by molar-refractivity contribution is 6.62. The van der Waals surface area contributed by atoms with Gasteiger partial charge in [-0.25, -0.2) is 0 Å². The van der Waals surface area contributed by atoms with Crippen LogP contribution >= 0.6 is 0 Å². The highest BCUT2D eigenvalue weighted by Crippen LogP contribution is 2.27. The smallest absolute Gasteiger partial charge is 0.373 e. The zero-order valence-corrected chi connectivity index (χ0v) is 23.5. The van der Waals surface area contributed by atoms with Crippen molar-refractivity contribution in [3.63, 3.8) is 0 Å². The number of nitrogens with zero attached hydrogens (tertiary/aromatic N) is 1. The van der Waals surface area contributed by atoms with Crippen LogP contribution in [-0.4, -0.2) is 60.9 Å². The van der Waals surface area contributed by atoms with Crippen LogP contribution in [0.3, 0.4) is 0 Å². The Hall–Kier alpha value is 0.0569. The third-order valence-electron chi connectivity index (χ3n) is 6.99. The highest BCUT2D eigenvalue weighted by atomic mass is 28.4. The molecular formula is C26H58NO3Si+. The first-order valence-corrected chi connectivity index (χ1v) is 15.2. The lowest BCUT2D eigenvalue weighted by molar-refractivity contribution is -0.906. The summed E-state index contributed by atoms with van der Waals surface area (Å²) in [7, 11) is 7.22. The average molecular weight is 461 g/mol. The van der Waals surface area contributed by atoms with Crippen molar-refractivity contribution < 1.29 is 17.8 Å². The van der Waals surface area contributed by atoms with Crippen molar-refractivity contribution in [2.75, 3.05) is 42.0 Å². The maximum Gasteiger partial charge on any atom is 0.561 e. The van der Waals surface area contributed by atoms with E-state index in [1.54, 1.807) is 21.3 Å². The van der Waals surface area contributed by atoms with Crippen molar-refractivity contribution in [2.24, 2.45) is 0 Å². The number of hydrogen-bond acceptors (Lipinski definition) is 3. The standard InChI is InChI=1S/C26H58NO3Si/c1-8-10-11-12-13-14-15-16-17-18-19-20-21-22-23-24-26(27(3,4)25-9-2)31(28-5,29-6)30-7/h26H,8-25H2,1-7H3/q+1. The summed E-state index contributed by atoms with van der Waals surface area (Å²) < 4.78 is 18.6. The predicted octanol–water partition coefficient (Wildman–Crippen LogP) is 7.52. The maximum absolute atomic E-state index is 5.88. The summed E-state index contributed by atoms with van der Waals surface area (Å²) in [6, 6.07) is 0. The van der Waals surface area contributed by atoms with Crippen molar-refractivity contribution in [3.05, 3.63) is 0 Å². The van der Waals surface area contributed by atoms with E-state index >= 15 is 0 Å². The molecule has 4 nitrogen and oxygen atoms in total. The molecule has 0 radical (unpaired) electrons. The molecule has 0 saturated heterocycles. The summed E-state index contributed by atoms with van der Waals surface area (Å²) in [5.74, 6) is 0. The molecule has 5 heteroatoms. The molecule has 0 aromatic carbocycles. The minimum Gasteiger partial charge on any atom is -0.373 e. The van der Waals surface area contributed by atoms with Gasteiger partial charge < -0.3 is 17.8 Å². The largest absolute Gasteiger partial charge is 0.561 e. The van der Waals surface area contributed by atoms with Crippen LogP contribution in [0.4, 0.5) is 0 Å². The van der Waals surface area contributed by atoms with Gasteiger partial charge in [-0.15, -0.1) is 0 Å². The zero-order valence-electron chi connectivity index (χ0n) is 22.5. The maximum atomic E-state index is 5.88. The van der Waals surface area contributed by atoms with Crippen LogP contribution in [-0.2, 0) is 13.3 Å². The fraction of sp³-hybridized carbons (Fsp3) is 1.00. The van der Waals surface area contributed by atoms with Crippen LogP contribution in [0.5, 0.6) is 0 Å². The topological polar surface area (TPSA) is 27.7 Å². The predicted molar refractivity (Wildman–Crippen MR) is 137 cm³/mol. The zero-order chi connectivity index (χ0) is 23.4. The van der Waals surface area contributed by atoms with Crippen LogP contribution in [0.1, 0.15) is 123 Å². The van der Waals surface area contributed by atoms with Crippen molar-refractivity contribution in [2.45, 2.75) is 129 Å². The quantitative estimate of drug-likeness (QED) is 0.0896. The van der Waals surface area contributed by atoms with Crippen molar-refractivity contribution in [1.82, 2.24) is 0 Å². The molecule has 0 heterocycles. The Kier molecular flexibility index (Phi) is 19.6. The van der Waals surface area contributed by atoms with E-state index in [0.717, 1.165) is 23.9 Å². The second-order valence-electron chi connectivity index (χ2n) is 9.97. The molecule has 0 aliphatic heterocycles. The summed E-state index contributed by atoms with van der Waals surface area (Å²) >= 11 is 0. The first-order chi connectivity index (χ1) is 14.9. The van der Waals surface area contributed by atoms with Gasteiger partial charge in [0, 0.05) is 27.8 Å². The number of hydrogen-bond donors (Lipinski definition) is 0. The monoisotopic (exact) mass is 460 g/mol. The molecule has 0 fully saturated rings. The minimum absolute atomic E-state index is 0.300. The van der Waals surface area contributed by atoms with E-state index in [0.29, 0.717) is 5.67 Å². The van der Waals surface area contributed by atoms with E-state index in [4.69, 9.17) is 13.3 Å². The fourth-order valence-electron chi connectivity index (χ4n) is 5.05. The van der Waals surface area contributed by atoms with Gasteiger partial charge in [-0.05, 0) is 12.8 Å². The summed E-state index contributed by atoms with van der Waals surface area (Å²) in [4.78, 5) is 0. The third-order valence-corrected chi connectivity index (χ3v) is 10.5. The second-order valence-corrected chi connectivity index (χ2v) is 13.1. The SMILES string of the molecule is CCCCCCCCCCCCCCCCCC([N+](C)(C)CCC)[Si](OC)(OC)OC. The van der Waals surface area contributed by atoms with Crippen LogP contribution in [0.2, 0.25) is 0 Å². The molecule has 0 aromatic heterocycles. The lowest BCUT2D eigenvalue weighted by atomic mass is 10.0. The fourth-order valence-corrected chi connectivity index (χ4v) is 7.91. The Morgan fingerprint density at radius 2 is 0.903 bits per heavy atom. The van der Waals surface area contributed by atoms with Crippen LogP contribution in [0.15, 0.2) is 0 Å². The summed E-state index contributed by atoms with van der Waals surface area (Å²) in [6.45, 7) is 5.66. The molecule has 0 rings (SSSR count). The average Bonchev–Trinajstić information content (AvgIpc) is 2.76. The van der Waals surface area contributed by atoms with Gasteiger partial charge in [-0.2, -0.15) is 0 Å². The van der Waals surface area contributed by atoms with Gasteiger partial charge in [0.2, 0.25) is 0 Å². The van der Waals surface area contributed by atoms with Crippen LogP contribution in [0, 0.1) is 0 Å². The number of unbranched alkanes of at least 4 members (excludes halogenated alkanes) is 14. The summed E-state index contributed by atoms with van der Waals surface area (Å²) in [6.07, 6.45) is 23.3. The molecule has 0 aromatic rings. The summed E-state index contributed by atoms with van der Waals surface area (Å²) in [5, 5.41) is 0. The molecule has 0 saturated carbocycles. The normalized spacial score (nSPS) is 13.6. The van der Waals surface area contributed by atoms with E-state index in [9.17, 15) is 0 Å². The molecule has 0 N–H and O–H groups in total. The van der Waals surface area contributed by atoms with Crippen molar-refractivity contribution in [1.29, 1.82) is 0 Å². The van der Waals surface area contributed by atoms with Gasteiger partial charge in [0.15, 0.2) is 5.67 Å². The molecule has 188 valence electrons. The lowest BCUT2D eigenvalue weighted by Crippen LogP contribution is -2.67. The van der Waals surface area contributed by atoms with E-state index in [-0.39, 0.29) is 0 Å². The van der Waals surface area contributed by atoms with E-state index in [1.165, 1.54) is 96.3 Å². The molecule has 0 spiro atoms. The first-order valence-electron chi connectivity index (χ1n) is 13.4. The summed E-state index contributed by atoms with van der Waals surface area (Å²) in [5.41, 5.74) is 0.300. The van der Waals surface area contributed by atoms with E-state index in [1.807, 2.05) is 0 Å². The second kappa shape index (κ2) is 19.5. The molecule has 0 amide bonds. The van der Waals surface area contributed by atoms with Crippen LogP contribution < -0.4 is 0 Å². The molecular weight excluding hydrogens is 402 g/mol. The van der Waals surface area contributed by atoms with Gasteiger partial charge >= 0.3 is 8.80 Å². The Bertz CT molecular complexity index is 381. The molecule has 1 unspecified atom stereocenters. The molecule has 0 bridgehead atoms. The molecule has 0 aliphatic carbocycles. The Labute approximate surface area is 197 Å². The van der Waals surface area contributed by atoms with Gasteiger partial charge in [0.25, 0.3) is 0 Å². The van der Waals surface area contributed by atoms with Crippen LogP contribution in [0.25, 0.3) is 0 Å². The van der Waals surface area contributed by atoms with Crippen molar-refractivity contribution >= 4 is 8.80 Å². The number of quaternary nitrogens is 1. The Balaban J connectivity index is 3.98. The Morgan fingerprint density at radius 3 is 1.23 bits per heavy atom. The molecule has 1 atom stereocenters. The van der Waals surface area contributed by atoms with Gasteiger partial charge in [-0.3, -0.25) is 0 Å². The van der Waals surface area contributed by atoms with E-state index < -0.39 is 8.80 Å². The lowest BCUT2D eigenvalue weighted by Gasteiger charge is -2.43. The first kappa shape index (κ1) is 31.1. The van der Waals surface area contributed by atoms with Crippen molar-refractivity contribution in [3.8, 4) is 0 Å². The van der Waals surface area contributed by atoms with Gasteiger partial charge in [0.05, 0.1) is 20.6 Å². The molecule has 0 aliphatic rings. The number of rotatable bonds is 23. The van der Waals surface area contributed by atoms with Gasteiger partial charge in [-0.1, -0.05) is 104 Å². The Morgan fingerprint density at radius 1 is 0.548 bits per heavy atom. The van der Waals surface area contributed by atoms with E-state index in [2.05, 4.69) is 27.9 Å².